The molecular formula is C18H17N3O3. The molecular weight excluding hydrogens is 306 g/mol. The van der Waals surface area contributed by atoms with E-state index in [-0.39, 0.29) is 11.8 Å². The third kappa shape index (κ3) is 3.60. The first-order chi connectivity index (χ1) is 11.5. The number of urea groups is 1. The molecule has 1 unspecified atom stereocenters. The number of hydrogen-bond acceptors (Lipinski definition) is 3. The number of hydrogen-bond donors (Lipinski definition) is 3. The molecule has 2 aromatic rings. The Kier molecular flexibility index (Phi) is 4.29. The van der Waals surface area contributed by atoms with Crippen molar-refractivity contribution in [2.75, 3.05) is 5.32 Å². The zero-order valence-electron chi connectivity index (χ0n) is 13.1. The van der Waals surface area contributed by atoms with E-state index in [1.54, 1.807) is 24.3 Å². The number of anilines is 1. The smallest absolute Gasteiger partial charge is 0.322 e. The molecule has 1 saturated heterocycles. The second-order valence-electron chi connectivity index (χ2n) is 5.73. The van der Waals surface area contributed by atoms with Gasteiger partial charge in [-0.3, -0.25) is 14.9 Å². The normalized spacial score (nSPS) is 16.5. The summed E-state index contributed by atoms with van der Waals surface area (Å²) in [5, 5.41) is 7.53. The highest BCUT2D eigenvalue weighted by molar-refractivity contribution is 6.04. The van der Waals surface area contributed by atoms with Crippen LogP contribution in [0.25, 0.3) is 0 Å². The summed E-state index contributed by atoms with van der Waals surface area (Å²) in [5.41, 5.74) is 3.40. The molecule has 0 saturated carbocycles. The van der Waals surface area contributed by atoms with Gasteiger partial charge in [-0.2, -0.15) is 0 Å². The van der Waals surface area contributed by atoms with Gasteiger partial charge in [0.05, 0.1) is 6.42 Å². The lowest BCUT2D eigenvalue weighted by molar-refractivity contribution is -0.120. The Morgan fingerprint density at radius 2 is 1.71 bits per heavy atom. The summed E-state index contributed by atoms with van der Waals surface area (Å²) >= 11 is 0. The number of benzene rings is 2. The molecule has 1 atom stereocenters. The van der Waals surface area contributed by atoms with E-state index in [2.05, 4.69) is 16.0 Å². The van der Waals surface area contributed by atoms with Crippen LogP contribution in [-0.2, 0) is 16.0 Å². The predicted molar refractivity (Wildman–Crippen MR) is 89.4 cm³/mol. The van der Waals surface area contributed by atoms with E-state index in [0.717, 1.165) is 11.1 Å². The Bertz CT molecular complexity index is 782. The summed E-state index contributed by atoms with van der Waals surface area (Å²) in [6.07, 6.45) is 0.295. The summed E-state index contributed by atoms with van der Waals surface area (Å²) < 4.78 is 0. The van der Waals surface area contributed by atoms with Crippen LogP contribution in [-0.4, -0.2) is 17.8 Å². The third-order valence-electron chi connectivity index (χ3n) is 3.79. The Hall–Kier alpha value is -3.15. The Morgan fingerprint density at radius 1 is 1.04 bits per heavy atom. The topological polar surface area (TPSA) is 87.3 Å². The molecule has 3 N–H and O–H groups in total. The molecule has 3 rings (SSSR count). The Morgan fingerprint density at radius 3 is 2.29 bits per heavy atom. The number of carbonyl (C=O) groups excluding carboxylic acids is 3. The molecule has 0 bridgehead atoms. The van der Waals surface area contributed by atoms with Gasteiger partial charge >= 0.3 is 6.03 Å². The standard InChI is InChI=1S/C18H17N3O3/c1-11-2-4-12(5-3-11)10-15(22)19-14-8-6-13(7-9-14)16-17(23)21-18(24)20-16/h2-9,16H,10H2,1H3,(H,19,22)(H2,20,21,23,24). The summed E-state index contributed by atoms with van der Waals surface area (Å²) in [6, 6.07) is 13.4. The van der Waals surface area contributed by atoms with Crippen molar-refractivity contribution in [2.24, 2.45) is 0 Å². The van der Waals surface area contributed by atoms with Gasteiger partial charge in [0.1, 0.15) is 6.04 Å². The van der Waals surface area contributed by atoms with Gasteiger partial charge in [-0.05, 0) is 30.2 Å². The van der Waals surface area contributed by atoms with Crippen LogP contribution in [0.5, 0.6) is 0 Å². The van der Waals surface area contributed by atoms with Gasteiger partial charge in [-0.25, -0.2) is 4.79 Å². The number of nitrogens with one attached hydrogen (secondary N) is 3. The van der Waals surface area contributed by atoms with Gasteiger partial charge in [-0.1, -0.05) is 42.0 Å². The van der Waals surface area contributed by atoms with Crippen molar-refractivity contribution in [3.63, 3.8) is 0 Å². The van der Waals surface area contributed by atoms with Crippen molar-refractivity contribution < 1.29 is 14.4 Å². The van der Waals surface area contributed by atoms with Crippen LogP contribution in [0.2, 0.25) is 0 Å². The van der Waals surface area contributed by atoms with E-state index in [1.165, 1.54) is 0 Å². The van der Waals surface area contributed by atoms with Gasteiger partial charge < -0.3 is 10.6 Å². The van der Waals surface area contributed by atoms with Crippen LogP contribution in [0.3, 0.4) is 0 Å². The maximum atomic E-state index is 12.1. The molecule has 24 heavy (non-hydrogen) atoms. The second kappa shape index (κ2) is 6.54. The van der Waals surface area contributed by atoms with E-state index < -0.39 is 12.1 Å². The van der Waals surface area contributed by atoms with Crippen molar-refractivity contribution in [3.05, 3.63) is 65.2 Å². The lowest BCUT2D eigenvalue weighted by Crippen LogP contribution is -2.22. The summed E-state index contributed by atoms with van der Waals surface area (Å²) in [5.74, 6) is -0.491. The number of imide groups is 1. The van der Waals surface area contributed by atoms with Crippen LogP contribution in [0.4, 0.5) is 10.5 Å². The first kappa shape index (κ1) is 15.7. The fourth-order valence-electron chi connectivity index (χ4n) is 2.51. The minimum Gasteiger partial charge on any atom is -0.326 e. The second-order valence-corrected chi connectivity index (χ2v) is 5.73. The zero-order chi connectivity index (χ0) is 17.1. The molecule has 1 heterocycles. The summed E-state index contributed by atoms with van der Waals surface area (Å²) in [7, 11) is 0. The average Bonchev–Trinajstić information content (AvgIpc) is 2.89. The van der Waals surface area contributed by atoms with Gasteiger partial charge in [0, 0.05) is 5.69 Å². The van der Waals surface area contributed by atoms with E-state index in [9.17, 15) is 14.4 Å². The van der Waals surface area contributed by atoms with Crippen molar-refractivity contribution >= 4 is 23.5 Å². The molecule has 0 aromatic heterocycles. The summed E-state index contributed by atoms with van der Waals surface area (Å²) in [6.45, 7) is 2.00. The van der Waals surface area contributed by atoms with Crippen LogP contribution in [0.15, 0.2) is 48.5 Å². The molecule has 2 aromatic carbocycles. The van der Waals surface area contributed by atoms with Crippen LogP contribution in [0, 0.1) is 6.92 Å². The van der Waals surface area contributed by atoms with E-state index in [4.69, 9.17) is 0 Å². The number of amides is 4. The molecule has 6 nitrogen and oxygen atoms in total. The lowest BCUT2D eigenvalue weighted by Gasteiger charge is -2.10. The minimum absolute atomic E-state index is 0.112. The van der Waals surface area contributed by atoms with Gasteiger partial charge in [0.2, 0.25) is 5.91 Å². The molecule has 1 aliphatic heterocycles. The Balaban J connectivity index is 1.61. The lowest BCUT2D eigenvalue weighted by atomic mass is 10.1. The largest absolute Gasteiger partial charge is 0.326 e. The minimum atomic E-state index is -0.685. The highest BCUT2D eigenvalue weighted by Crippen LogP contribution is 2.19. The van der Waals surface area contributed by atoms with Crippen LogP contribution >= 0.6 is 0 Å². The van der Waals surface area contributed by atoms with Gasteiger partial charge in [0.15, 0.2) is 0 Å². The molecule has 1 fully saturated rings. The number of carbonyl (C=O) groups is 3. The molecule has 4 amide bonds. The SMILES string of the molecule is Cc1ccc(CC(=O)Nc2ccc(C3NC(=O)NC3=O)cc2)cc1. The van der Waals surface area contributed by atoms with E-state index >= 15 is 0 Å². The molecule has 0 aliphatic carbocycles. The molecule has 0 spiro atoms. The molecule has 1 aliphatic rings. The molecule has 122 valence electrons. The highest BCUT2D eigenvalue weighted by atomic mass is 16.2. The van der Waals surface area contributed by atoms with E-state index in [0.29, 0.717) is 17.7 Å². The van der Waals surface area contributed by atoms with Crippen LogP contribution in [0.1, 0.15) is 22.7 Å². The maximum Gasteiger partial charge on any atom is 0.322 e. The van der Waals surface area contributed by atoms with Gasteiger partial charge in [-0.15, -0.1) is 0 Å². The quantitative estimate of drug-likeness (QED) is 0.753. The van der Waals surface area contributed by atoms with Crippen LogP contribution < -0.4 is 16.0 Å². The predicted octanol–water partition coefficient (Wildman–Crippen LogP) is 2.06. The fourth-order valence-corrected chi connectivity index (χ4v) is 2.51. The first-order valence-electron chi connectivity index (χ1n) is 7.58. The van der Waals surface area contributed by atoms with E-state index in [1.807, 2.05) is 31.2 Å². The summed E-state index contributed by atoms with van der Waals surface area (Å²) in [4.78, 5) is 34.8. The fraction of sp³-hybridized carbons (Fsp3) is 0.167. The maximum absolute atomic E-state index is 12.1. The molecule has 6 heteroatoms. The van der Waals surface area contributed by atoms with Gasteiger partial charge in [0.25, 0.3) is 5.91 Å². The van der Waals surface area contributed by atoms with Crippen molar-refractivity contribution in [2.45, 2.75) is 19.4 Å². The third-order valence-corrected chi connectivity index (χ3v) is 3.79. The Labute approximate surface area is 139 Å². The van der Waals surface area contributed by atoms with Crippen molar-refractivity contribution in [3.8, 4) is 0 Å². The average molecular weight is 323 g/mol. The number of aryl methyl sites for hydroxylation is 1. The first-order valence-corrected chi connectivity index (χ1v) is 7.58. The number of rotatable bonds is 4. The zero-order valence-corrected chi connectivity index (χ0v) is 13.1. The monoisotopic (exact) mass is 323 g/mol. The highest BCUT2D eigenvalue weighted by Gasteiger charge is 2.30. The molecule has 0 radical (unpaired) electrons. The van der Waals surface area contributed by atoms with Crippen molar-refractivity contribution in [1.29, 1.82) is 0 Å². The van der Waals surface area contributed by atoms with Crippen molar-refractivity contribution in [1.82, 2.24) is 10.6 Å².